The highest BCUT2D eigenvalue weighted by Gasteiger charge is 2.21. The number of amides is 1. The molecule has 0 radical (unpaired) electrons. The Bertz CT molecular complexity index is 989. The van der Waals surface area contributed by atoms with Crippen LogP contribution in [0.25, 0.3) is 10.2 Å². The minimum Gasteiger partial charge on any atom is -0.497 e. The molecule has 31 heavy (non-hydrogen) atoms. The SMILES string of the molecule is COc1ccc2sc(N(CCN3CCOCC3)C(=O)CCOc3ccccc3)nc2c1. The van der Waals surface area contributed by atoms with Crippen molar-refractivity contribution in [2.24, 2.45) is 0 Å². The van der Waals surface area contributed by atoms with Crippen LogP contribution < -0.4 is 14.4 Å². The topological polar surface area (TPSA) is 64.1 Å². The van der Waals surface area contributed by atoms with Gasteiger partial charge in [0, 0.05) is 32.2 Å². The van der Waals surface area contributed by atoms with Crippen molar-refractivity contribution in [2.45, 2.75) is 6.42 Å². The van der Waals surface area contributed by atoms with Crippen LogP contribution in [-0.4, -0.2) is 68.9 Å². The van der Waals surface area contributed by atoms with Gasteiger partial charge in [0.2, 0.25) is 5.91 Å². The van der Waals surface area contributed by atoms with Gasteiger partial charge in [-0.3, -0.25) is 14.6 Å². The zero-order chi connectivity index (χ0) is 21.5. The molecule has 0 N–H and O–H groups in total. The van der Waals surface area contributed by atoms with Gasteiger partial charge in [0.15, 0.2) is 5.13 Å². The Morgan fingerprint density at radius 1 is 1.16 bits per heavy atom. The first-order chi connectivity index (χ1) is 15.2. The fourth-order valence-electron chi connectivity index (χ4n) is 3.44. The van der Waals surface area contributed by atoms with Gasteiger partial charge >= 0.3 is 0 Å². The molecule has 1 aliphatic rings. The fourth-order valence-corrected chi connectivity index (χ4v) is 4.43. The average Bonchev–Trinajstić information content (AvgIpc) is 3.23. The van der Waals surface area contributed by atoms with Crippen molar-refractivity contribution in [2.75, 3.05) is 58.0 Å². The second-order valence-electron chi connectivity index (χ2n) is 7.24. The maximum atomic E-state index is 13.2. The van der Waals surface area contributed by atoms with E-state index in [1.165, 1.54) is 11.3 Å². The third kappa shape index (κ3) is 5.72. The van der Waals surface area contributed by atoms with E-state index in [-0.39, 0.29) is 12.3 Å². The molecule has 0 bridgehead atoms. The zero-order valence-electron chi connectivity index (χ0n) is 17.7. The van der Waals surface area contributed by atoms with Gasteiger partial charge in [-0.1, -0.05) is 29.5 Å². The summed E-state index contributed by atoms with van der Waals surface area (Å²) in [7, 11) is 1.64. The number of thiazole rings is 1. The van der Waals surface area contributed by atoms with Crippen LogP contribution in [0.5, 0.6) is 11.5 Å². The summed E-state index contributed by atoms with van der Waals surface area (Å²) in [5.41, 5.74) is 0.837. The molecule has 0 saturated carbocycles. The van der Waals surface area contributed by atoms with Gasteiger partial charge < -0.3 is 14.2 Å². The number of anilines is 1. The van der Waals surface area contributed by atoms with Crippen molar-refractivity contribution in [1.29, 1.82) is 0 Å². The number of nitrogens with zero attached hydrogens (tertiary/aromatic N) is 3. The van der Waals surface area contributed by atoms with Gasteiger partial charge in [0.05, 0.1) is 43.6 Å². The summed E-state index contributed by atoms with van der Waals surface area (Å²) in [6, 6.07) is 15.4. The second-order valence-corrected chi connectivity index (χ2v) is 8.25. The van der Waals surface area contributed by atoms with Gasteiger partial charge in [-0.05, 0) is 24.3 Å². The summed E-state index contributed by atoms with van der Waals surface area (Å²) in [4.78, 5) is 22.0. The largest absolute Gasteiger partial charge is 0.497 e. The second kappa shape index (κ2) is 10.6. The molecule has 2 aromatic carbocycles. The highest BCUT2D eigenvalue weighted by Crippen LogP contribution is 2.31. The number of hydrogen-bond acceptors (Lipinski definition) is 7. The lowest BCUT2D eigenvalue weighted by atomic mass is 10.3. The molecule has 1 saturated heterocycles. The van der Waals surface area contributed by atoms with Gasteiger partial charge in [0.25, 0.3) is 0 Å². The molecule has 4 rings (SSSR count). The van der Waals surface area contributed by atoms with E-state index >= 15 is 0 Å². The van der Waals surface area contributed by atoms with E-state index < -0.39 is 0 Å². The molecule has 7 nitrogen and oxygen atoms in total. The lowest BCUT2D eigenvalue weighted by Gasteiger charge is -2.29. The number of ether oxygens (including phenoxy) is 3. The van der Waals surface area contributed by atoms with Crippen LogP contribution in [0.15, 0.2) is 48.5 Å². The molecule has 1 aromatic heterocycles. The van der Waals surface area contributed by atoms with Crippen molar-refractivity contribution >= 4 is 32.6 Å². The Balaban J connectivity index is 1.46. The summed E-state index contributed by atoms with van der Waals surface area (Å²) in [6.07, 6.45) is 0.289. The summed E-state index contributed by atoms with van der Waals surface area (Å²) < 4.78 is 17.5. The van der Waals surface area contributed by atoms with Crippen molar-refractivity contribution < 1.29 is 19.0 Å². The van der Waals surface area contributed by atoms with Crippen LogP contribution in [0, 0.1) is 0 Å². The van der Waals surface area contributed by atoms with Crippen LogP contribution in [0.4, 0.5) is 5.13 Å². The van der Waals surface area contributed by atoms with Gasteiger partial charge in [-0.2, -0.15) is 0 Å². The van der Waals surface area contributed by atoms with Gasteiger partial charge in [-0.15, -0.1) is 0 Å². The molecular formula is C23H27N3O4S. The lowest BCUT2D eigenvalue weighted by molar-refractivity contribution is -0.119. The summed E-state index contributed by atoms with van der Waals surface area (Å²) in [5.74, 6) is 1.53. The smallest absolute Gasteiger partial charge is 0.232 e. The van der Waals surface area contributed by atoms with Crippen LogP contribution in [0.3, 0.4) is 0 Å². The number of aromatic nitrogens is 1. The molecule has 1 fully saturated rings. The molecule has 0 spiro atoms. The van der Waals surface area contributed by atoms with Crippen molar-refractivity contribution in [3.63, 3.8) is 0 Å². The number of para-hydroxylation sites is 1. The molecule has 8 heteroatoms. The summed E-state index contributed by atoms with van der Waals surface area (Å²) in [5, 5.41) is 0.709. The predicted molar refractivity (Wildman–Crippen MR) is 122 cm³/mol. The molecular weight excluding hydrogens is 414 g/mol. The van der Waals surface area contributed by atoms with Crippen molar-refractivity contribution in [3.8, 4) is 11.5 Å². The number of benzene rings is 2. The highest BCUT2D eigenvalue weighted by atomic mass is 32.1. The number of methoxy groups -OCH3 is 1. The number of rotatable bonds is 9. The minimum absolute atomic E-state index is 0.00946. The fraction of sp³-hybridized carbons (Fsp3) is 0.391. The molecule has 0 unspecified atom stereocenters. The Kier molecular flexibility index (Phi) is 7.35. The van der Waals surface area contributed by atoms with Crippen LogP contribution in [-0.2, 0) is 9.53 Å². The summed E-state index contributed by atoms with van der Waals surface area (Å²) in [6.45, 7) is 4.94. The van der Waals surface area contributed by atoms with Crippen molar-refractivity contribution in [3.05, 3.63) is 48.5 Å². The van der Waals surface area contributed by atoms with E-state index in [1.807, 2.05) is 48.5 Å². The van der Waals surface area contributed by atoms with E-state index in [4.69, 9.17) is 19.2 Å². The monoisotopic (exact) mass is 441 g/mol. The summed E-state index contributed by atoms with van der Waals surface area (Å²) >= 11 is 1.52. The van der Waals surface area contributed by atoms with Gasteiger partial charge in [0.1, 0.15) is 11.5 Å². The average molecular weight is 442 g/mol. The number of fused-ring (bicyclic) bond motifs is 1. The first-order valence-electron chi connectivity index (χ1n) is 10.5. The number of carbonyl (C=O) groups is 1. The Hall–Kier alpha value is -2.68. The van der Waals surface area contributed by atoms with Crippen LogP contribution in [0.1, 0.15) is 6.42 Å². The highest BCUT2D eigenvalue weighted by molar-refractivity contribution is 7.22. The zero-order valence-corrected chi connectivity index (χ0v) is 18.5. The van der Waals surface area contributed by atoms with E-state index in [1.54, 1.807) is 12.0 Å². The quantitative estimate of drug-likeness (QED) is 0.507. The standard InChI is InChI=1S/C23H27N3O4S/c1-28-19-7-8-21-20(17-19)24-23(31-21)26(11-10-25-12-15-29-16-13-25)22(27)9-14-30-18-5-3-2-4-6-18/h2-8,17H,9-16H2,1H3. The molecule has 2 heterocycles. The molecule has 0 aliphatic carbocycles. The maximum Gasteiger partial charge on any atom is 0.232 e. The lowest BCUT2D eigenvalue weighted by Crippen LogP contribution is -2.43. The number of morpholine rings is 1. The van der Waals surface area contributed by atoms with E-state index in [0.717, 1.165) is 54.6 Å². The number of hydrogen-bond donors (Lipinski definition) is 0. The first kappa shape index (κ1) is 21.5. The molecule has 1 amide bonds. The normalized spacial score (nSPS) is 14.5. The maximum absolute atomic E-state index is 13.2. The molecule has 3 aromatic rings. The first-order valence-corrected chi connectivity index (χ1v) is 11.3. The number of carbonyl (C=O) groups excluding carboxylic acids is 1. The van der Waals surface area contributed by atoms with Gasteiger partial charge in [-0.25, -0.2) is 4.98 Å². The minimum atomic E-state index is 0.00946. The van der Waals surface area contributed by atoms with E-state index in [2.05, 4.69) is 4.90 Å². The van der Waals surface area contributed by atoms with Crippen molar-refractivity contribution in [1.82, 2.24) is 9.88 Å². The third-order valence-corrected chi connectivity index (χ3v) is 6.25. The molecule has 0 atom stereocenters. The van der Waals surface area contributed by atoms with E-state index in [9.17, 15) is 4.79 Å². The van der Waals surface area contributed by atoms with Crippen LogP contribution in [0.2, 0.25) is 0 Å². The van der Waals surface area contributed by atoms with Crippen LogP contribution >= 0.6 is 11.3 Å². The Labute approximate surface area is 186 Å². The third-order valence-electron chi connectivity index (χ3n) is 5.19. The Morgan fingerprint density at radius 3 is 2.74 bits per heavy atom. The van der Waals surface area contributed by atoms with E-state index in [0.29, 0.717) is 18.3 Å². The molecule has 1 aliphatic heterocycles. The Morgan fingerprint density at radius 2 is 1.97 bits per heavy atom. The molecule has 164 valence electrons. The predicted octanol–water partition coefficient (Wildman–Crippen LogP) is 3.44.